The smallest absolute Gasteiger partial charge is 0.184 e. The van der Waals surface area contributed by atoms with E-state index in [1.807, 2.05) is 13.0 Å². The van der Waals surface area contributed by atoms with Crippen LogP contribution in [-0.2, 0) is 9.84 Å². The van der Waals surface area contributed by atoms with Crippen molar-refractivity contribution in [1.29, 1.82) is 5.26 Å². The molecule has 0 unspecified atom stereocenters. The monoisotopic (exact) mass is 314 g/mol. The Hall–Kier alpha value is -2.65. The summed E-state index contributed by atoms with van der Waals surface area (Å²) in [7, 11) is -3.61. The zero-order valence-electron chi connectivity index (χ0n) is 11.9. The molecule has 1 N–H and O–H groups in total. The molecule has 5 nitrogen and oxygen atoms in total. The van der Waals surface area contributed by atoms with Gasteiger partial charge < -0.3 is 5.21 Å². The molecule has 6 heteroatoms. The second-order valence-electron chi connectivity index (χ2n) is 4.81. The van der Waals surface area contributed by atoms with Crippen molar-refractivity contribution >= 4 is 15.5 Å². The molecule has 0 aliphatic carbocycles. The number of oxime groups is 1. The first-order chi connectivity index (χ1) is 10.5. The molecule has 0 heterocycles. The lowest BCUT2D eigenvalue weighted by Crippen LogP contribution is -2.17. The maximum atomic E-state index is 12.4. The summed E-state index contributed by atoms with van der Waals surface area (Å²) in [5.74, 6) is -0.418. The van der Waals surface area contributed by atoms with E-state index in [9.17, 15) is 8.42 Å². The van der Waals surface area contributed by atoms with E-state index in [0.717, 1.165) is 5.56 Å². The van der Waals surface area contributed by atoms with E-state index in [-0.39, 0.29) is 10.6 Å². The van der Waals surface area contributed by atoms with Gasteiger partial charge in [-0.15, -0.1) is 0 Å². The predicted octanol–water partition coefficient (Wildman–Crippen LogP) is 2.52. The summed E-state index contributed by atoms with van der Waals surface area (Å²) in [6.45, 7) is 1.87. The van der Waals surface area contributed by atoms with Crippen LogP contribution in [0.25, 0.3) is 0 Å². The van der Waals surface area contributed by atoms with Gasteiger partial charge in [0.2, 0.25) is 0 Å². The highest BCUT2D eigenvalue weighted by molar-refractivity contribution is 7.92. The quantitative estimate of drug-likeness (QED) is 0.533. The van der Waals surface area contributed by atoms with Crippen LogP contribution in [0.1, 0.15) is 16.7 Å². The minimum Gasteiger partial charge on any atom is -0.411 e. The maximum Gasteiger partial charge on any atom is 0.184 e. The first-order valence-electron chi connectivity index (χ1n) is 6.47. The van der Waals surface area contributed by atoms with Crippen molar-refractivity contribution < 1.29 is 13.6 Å². The van der Waals surface area contributed by atoms with Gasteiger partial charge in [-0.05, 0) is 31.2 Å². The number of hydrogen-bond donors (Lipinski definition) is 1. The molecule has 0 fully saturated rings. The van der Waals surface area contributed by atoms with E-state index in [4.69, 9.17) is 10.5 Å². The van der Waals surface area contributed by atoms with Gasteiger partial charge >= 0.3 is 0 Å². The summed E-state index contributed by atoms with van der Waals surface area (Å²) in [6, 6.07) is 14.6. The molecule has 0 saturated heterocycles. The van der Waals surface area contributed by atoms with E-state index in [0.29, 0.717) is 11.1 Å². The third-order valence-electron chi connectivity index (χ3n) is 3.17. The van der Waals surface area contributed by atoms with Crippen molar-refractivity contribution in [3.05, 3.63) is 65.2 Å². The minimum atomic E-state index is -3.61. The van der Waals surface area contributed by atoms with Crippen LogP contribution in [0.15, 0.2) is 58.6 Å². The van der Waals surface area contributed by atoms with Gasteiger partial charge in [-0.2, -0.15) is 5.26 Å². The normalized spacial score (nSPS) is 11.9. The van der Waals surface area contributed by atoms with Crippen LogP contribution < -0.4 is 0 Å². The van der Waals surface area contributed by atoms with E-state index >= 15 is 0 Å². The Morgan fingerprint density at radius 1 is 1.14 bits per heavy atom. The predicted molar refractivity (Wildman–Crippen MR) is 82.7 cm³/mol. The molecule has 22 heavy (non-hydrogen) atoms. The fraction of sp³-hybridized carbons (Fsp3) is 0.125. The van der Waals surface area contributed by atoms with E-state index < -0.39 is 15.6 Å². The molecule has 2 aromatic rings. The molecular formula is C16H14N2O3S. The molecule has 0 atom stereocenters. The summed E-state index contributed by atoms with van der Waals surface area (Å²) in [5, 5.41) is 21.0. The van der Waals surface area contributed by atoms with Crippen LogP contribution >= 0.6 is 0 Å². The number of benzene rings is 2. The highest BCUT2D eigenvalue weighted by Gasteiger charge is 2.19. The van der Waals surface area contributed by atoms with Crippen molar-refractivity contribution in [1.82, 2.24) is 0 Å². The number of nitriles is 1. The first-order valence-corrected chi connectivity index (χ1v) is 8.12. The number of sulfone groups is 1. The Bertz CT molecular complexity index is 830. The van der Waals surface area contributed by atoms with Crippen molar-refractivity contribution in [2.75, 3.05) is 5.75 Å². The number of aryl methyl sites for hydroxylation is 1. The standard InChI is InChI=1S/C16H14N2O3S/c1-12-2-8-15(9-3-12)22(20,21)11-16(18-19)14-6-4-13(10-17)5-7-14/h2-9,19H,11H2,1H3/b18-16-. The number of nitrogens with zero attached hydrogens (tertiary/aromatic N) is 2. The largest absolute Gasteiger partial charge is 0.411 e. The average molecular weight is 314 g/mol. The highest BCUT2D eigenvalue weighted by atomic mass is 32.2. The van der Waals surface area contributed by atoms with Gasteiger partial charge in [0.15, 0.2) is 9.84 Å². The second-order valence-corrected chi connectivity index (χ2v) is 6.80. The lowest BCUT2D eigenvalue weighted by molar-refractivity contribution is 0.319. The topological polar surface area (TPSA) is 90.5 Å². The molecule has 0 spiro atoms. The SMILES string of the molecule is Cc1ccc(S(=O)(=O)C/C(=N/O)c2ccc(C#N)cc2)cc1. The van der Waals surface area contributed by atoms with E-state index in [2.05, 4.69) is 5.16 Å². The summed E-state index contributed by atoms with van der Waals surface area (Å²) >= 11 is 0. The molecule has 2 rings (SSSR count). The molecule has 0 bridgehead atoms. The van der Waals surface area contributed by atoms with Crippen LogP contribution in [0, 0.1) is 18.3 Å². The fourth-order valence-corrected chi connectivity index (χ4v) is 3.22. The molecule has 0 amide bonds. The Kier molecular flexibility index (Phi) is 4.59. The summed E-state index contributed by atoms with van der Waals surface area (Å²) in [6.07, 6.45) is 0. The average Bonchev–Trinajstić information content (AvgIpc) is 2.53. The van der Waals surface area contributed by atoms with E-state index in [1.165, 1.54) is 12.1 Å². The number of rotatable bonds is 4. The number of hydrogen-bond acceptors (Lipinski definition) is 5. The molecule has 2 aromatic carbocycles. The third kappa shape index (κ3) is 3.51. The Morgan fingerprint density at radius 2 is 1.73 bits per heavy atom. The summed E-state index contributed by atoms with van der Waals surface area (Å²) in [5.41, 5.74) is 1.90. The minimum absolute atomic E-state index is 0.0325. The van der Waals surface area contributed by atoms with Gasteiger partial charge in [-0.3, -0.25) is 0 Å². The zero-order chi connectivity index (χ0) is 16.2. The molecule has 0 aliphatic heterocycles. The van der Waals surface area contributed by atoms with Crippen LogP contribution in [-0.4, -0.2) is 25.1 Å². The molecule has 112 valence electrons. The van der Waals surface area contributed by atoms with Crippen LogP contribution in [0.3, 0.4) is 0 Å². The van der Waals surface area contributed by atoms with Crippen molar-refractivity contribution in [3.63, 3.8) is 0 Å². The van der Waals surface area contributed by atoms with Crippen molar-refractivity contribution in [3.8, 4) is 6.07 Å². The Morgan fingerprint density at radius 3 is 2.23 bits per heavy atom. The Labute approximate surface area is 129 Å². The van der Waals surface area contributed by atoms with Gasteiger partial charge in [0, 0.05) is 5.56 Å². The molecule has 0 radical (unpaired) electrons. The molecular weight excluding hydrogens is 300 g/mol. The van der Waals surface area contributed by atoms with Gasteiger partial charge in [0.05, 0.1) is 16.5 Å². The lowest BCUT2D eigenvalue weighted by Gasteiger charge is -2.07. The van der Waals surface area contributed by atoms with Crippen molar-refractivity contribution in [2.45, 2.75) is 11.8 Å². The Balaban J connectivity index is 2.29. The molecule has 0 saturated carbocycles. The lowest BCUT2D eigenvalue weighted by atomic mass is 10.1. The summed E-state index contributed by atoms with van der Waals surface area (Å²) < 4.78 is 24.7. The zero-order valence-corrected chi connectivity index (χ0v) is 12.7. The van der Waals surface area contributed by atoms with Gasteiger partial charge in [-0.1, -0.05) is 35.0 Å². The molecule has 0 aliphatic rings. The van der Waals surface area contributed by atoms with Gasteiger partial charge in [0.1, 0.15) is 11.5 Å². The van der Waals surface area contributed by atoms with Crippen molar-refractivity contribution in [2.24, 2.45) is 5.16 Å². The summed E-state index contributed by atoms with van der Waals surface area (Å²) in [4.78, 5) is 0.174. The highest BCUT2D eigenvalue weighted by Crippen LogP contribution is 2.15. The van der Waals surface area contributed by atoms with Gasteiger partial charge in [0.25, 0.3) is 0 Å². The third-order valence-corrected chi connectivity index (χ3v) is 4.82. The maximum absolute atomic E-state index is 12.4. The van der Waals surface area contributed by atoms with Crippen LogP contribution in [0.2, 0.25) is 0 Å². The van der Waals surface area contributed by atoms with E-state index in [1.54, 1.807) is 36.4 Å². The fourth-order valence-electron chi connectivity index (χ4n) is 1.92. The first kappa shape index (κ1) is 15.7. The van der Waals surface area contributed by atoms with Gasteiger partial charge in [-0.25, -0.2) is 8.42 Å². The van der Waals surface area contributed by atoms with Crippen LogP contribution in [0.4, 0.5) is 0 Å². The second kappa shape index (κ2) is 6.41. The van der Waals surface area contributed by atoms with Crippen LogP contribution in [0.5, 0.6) is 0 Å². The molecule has 0 aromatic heterocycles.